The summed E-state index contributed by atoms with van der Waals surface area (Å²) in [7, 11) is 0. The van der Waals surface area contributed by atoms with Crippen LogP contribution in [-0.4, -0.2) is 25.7 Å². The number of hydrogen-bond donors (Lipinski definition) is 1. The zero-order chi connectivity index (χ0) is 12.7. The maximum absolute atomic E-state index is 11.2. The molecule has 3 rings (SSSR count). The summed E-state index contributed by atoms with van der Waals surface area (Å²) >= 11 is 0. The van der Waals surface area contributed by atoms with Crippen molar-refractivity contribution in [2.24, 2.45) is 0 Å². The van der Waals surface area contributed by atoms with E-state index in [0.29, 0.717) is 22.8 Å². The number of aromatic nitrogens is 3. The van der Waals surface area contributed by atoms with E-state index in [-0.39, 0.29) is 5.69 Å². The van der Waals surface area contributed by atoms with Crippen LogP contribution in [0.4, 0.5) is 0 Å². The highest BCUT2D eigenvalue weighted by Crippen LogP contribution is 2.20. The van der Waals surface area contributed by atoms with Crippen LogP contribution >= 0.6 is 0 Å². The SMILES string of the molecule is Cc1cc2nc(-c3ccco3)cc(C(=O)O)n2n1. The normalized spacial score (nSPS) is 10.9. The predicted molar refractivity (Wildman–Crippen MR) is 62.4 cm³/mol. The van der Waals surface area contributed by atoms with Gasteiger partial charge in [0, 0.05) is 12.1 Å². The second-order valence-electron chi connectivity index (χ2n) is 3.86. The Kier molecular flexibility index (Phi) is 2.16. The fourth-order valence-electron chi connectivity index (χ4n) is 1.79. The van der Waals surface area contributed by atoms with Gasteiger partial charge >= 0.3 is 5.97 Å². The average Bonchev–Trinajstić information content (AvgIpc) is 2.93. The molecule has 0 spiro atoms. The van der Waals surface area contributed by atoms with Crippen LogP contribution in [0.3, 0.4) is 0 Å². The van der Waals surface area contributed by atoms with Gasteiger partial charge in [-0.25, -0.2) is 14.3 Å². The Morgan fingerprint density at radius 1 is 1.44 bits per heavy atom. The lowest BCUT2D eigenvalue weighted by molar-refractivity contribution is 0.0687. The van der Waals surface area contributed by atoms with Gasteiger partial charge in [0.15, 0.2) is 17.1 Å². The van der Waals surface area contributed by atoms with Gasteiger partial charge < -0.3 is 9.52 Å². The number of aryl methyl sites for hydroxylation is 1. The van der Waals surface area contributed by atoms with Crippen molar-refractivity contribution in [3.63, 3.8) is 0 Å². The third-order valence-corrected chi connectivity index (χ3v) is 2.54. The van der Waals surface area contributed by atoms with Crippen molar-refractivity contribution >= 4 is 11.6 Å². The number of rotatable bonds is 2. The lowest BCUT2D eigenvalue weighted by Gasteiger charge is -2.02. The van der Waals surface area contributed by atoms with E-state index < -0.39 is 5.97 Å². The molecule has 0 saturated heterocycles. The van der Waals surface area contributed by atoms with Gasteiger partial charge in [-0.05, 0) is 19.1 Å². The van der Waals surface area contributed by atoms with E-state index in [1.807, 2.05) is 0 Å². The van der Waals surface area contributed by atoms with Crippen LogP contribution in [0.2, 0.25) is 0 Å². The second kappa shape index (κ2) is 3.69. The first-order valence-electron chi connectivity index (χ1n) is 5.30. The minimum absolute atomic E-state index is 0.0551. The molecule has 3 heterocycles. The quantitative estimate of drug-likeness (QED) is 0.744. The third-order valence-electron chi connectivity index (χ3n) is 2.54. The van der Waals surface area contributed by atoms with Crippen LogP contribution in [0, 0.1) is 6.92 Å². The fraction of sp³-hybridized carbons (Fsp3) is 0.0833. The molecule has 0 aliphatic heterocycles. The van der Waals surface area contributed by atoms with Gasteiger partial charge in [-0.2, -0.15) is 5.10 Å². The number of nitrogens with zero attached hydrogens (tertiary/aromatic N) is 3. The number of furan rings is 1. The molecule has 0 fully saturated rings. The van der Waals surface area contributed by atoms with Gasteiger partial charge in [0.2, 0.25) is 0 Å². The van der Waals surface area contributed by atoms with Gasteiger partial charge in [-0.1, -0.05) is 0 Å². The van der Waals surface area contributed by atoms with E-state index in [1.54, 1.807) is 25.1 Å². The molecule has 3 aromatic heterocycles. The maximum Gasteiger partial charge on any atom is 0.354 e. The summed E-state index contributed by atoms with van der Waals surface area (Å²) in [4.78, 5) is 15.6. The number of fused-ring (bicyclic) bond motifs is 1. The molecule has 6 heteroatoms. The predicted octanol–water partition coefficient (Wildman–Crippen LogP) is 2.00. The first-order chi connectivity index (χ1) is 8.65. The van der Waals surface area contributed by atoms with E-state index in [1.165, 1.54) is 16.8 Å². The highest BCUT2D eigenvalue weighted by atomic mass is 16.4. The topological polar surface area (TPSA) is 80.6 Å². The summed E-state index contributed by atoms with van der Waals surface area (Å²) in [5, 5.41) is 13.3. The number of carbonyl (C=O) groups is 1. The summed E-state index contributed by atoms with van der Waals surface area (Å²) in [6.07, 6.45) is 1.52. The van der Waals surface area contributed by atoms with Crippen molar-refractivity contribution in [2.75, 3.05) is 0 Å². The van der Waals surface area contributed by atoms with Crippen LogP contribution in [0.1, 0.15) is 16.2 Å². The molecule has 18 heavy (non-hydrogen) atoms. The van der Waals surface area contributed by atoms with Crippen LogP contribution in [-0.2, 0) is 0 Å². The Morgan fingerprint density at radius 3 is 2.94 bits per heavy atom. The summed E-state index contributed by atoms with van der Waals surface area (Å²) < 4.78 is 6.53. The standard InChI is InChI=1S/C12H9N3O3/c1-7-5-11-13-8(10-3-2-4-18-10)6-9(12(16)17)15(11)14-7/h2-6H,1H3,(H,16,17). The summed E-state index contributed by atoms with van der Waals surface area (Å²) in [6.45, 7) is 1.78. The van der Waals surface area contributed by atoms with Crippen molar-refractivity contribution in [3.8, 4) is 11.5 Å². The Balaban J connectivity index is 2.33. The van der Waals surface area contributed by atoms with E-state index >= 15 is 0 Å². The van der Waals surface area contributed by atoms with Gasteiger partial charge in [-0.15, -0.1) is 0 Å². The molecule has 0 unspecified atom stereocenters. The van der Waals surface area contributed by atoms with E-state index in [4.69, 9.17) is 4.42 Å². The Morgan fingerprint density at radius 2 is 2.28 bits per heavy atom. The zero-order valence-electron chi connectivity index (χ0n) is 9.49. The minimum Gasteiger partial charge on any atom is -0.477 e. The largest absolute Gasteiger partial charge is 0.477 e. The molecule has 90 valence electrons. The molecule has 0 saturated carbocycles. The van der Waals surface area contributed by atoms with Gasteiger partial charge in [0.1, 0.15) is 5.69 Å². The Hall–Kier alpha value is -2.63. The average molecular weight is 243 g/mol. The highest BCUT2D eigenvalue weighted by Gasteiger charge is 2.15. The Bertz CT molecular complexity index is 728. The monoisotopic (exact) mass is 243 g/mol. The molecule has 0 aliphatic carbocycles. The van der Waals surface area contributed by atoms with Crippen molar-refractivity contribution in [1.82, 2.24) is 14.6 Å². The number of carboxylic acids is 1. The molecule has 6 nitrogen and oxygen atoms in total. The molecular formula is C12H9N3O3. The molecule has 3 aromatic rings. The zero-order valence-corrected chi connectivity index (χ0v) is 9.49. The lowest BCUT2D eigenvalue weighted by Crippen LogP contribution is -2.08. The molecule has 0 bridgehead atoms. The van der Waals surface area contributed by atoms with Crippen LogP contribution in [0.25, 0.3) is 17.1 Å². The first-order valence-corrected chi connectivity index (χ1v) is 5.30. The molecule has 0 aromatic carbocycles. The number of aromatic carboxylic acids is 1. The van der Waals surface area contributed by atoms with Crippen molar-refractivity contribution in [1.29, 1.82) is 0 Å². The molecule has 0 radical (unpaired) electrons. The van der Waals surface area contributed by atoms with Crippen LogP contribution in [0.15, 0.2) is 34.9 Å². The smallest absolute Gasteiger partial charge is 0.354 e. The Labute approximate surface area is 101 Å². The van der Waals surface area contributed by atoms with E-state index in [0.717, 1.165) is 0 Å². The molecule has 1 N–H and O–H groups in total. The molecular weight excluding hydrogens is 234 g/mol. The highest BCUT2D eigenvalue weighted by molar-refractivity contribution is 5.87. The second-order valence-corrected chi connectivity index (χ2v) is 3.86. The lowest BCUT2D eigenvalue weighted by atomic mass is 10.2. The number of carboxylic acid groups (broad SMARTS) is 1. The van der Waals surface area contributed by atoms with Gasteiger partial charge in [0.25, 0.3) is 0 Å². The first kappa shape index (κ1) is 10.5. The van der Waals surface area contributed by atoms with Gasteiger partial charge in [-0.3, -0.25) is 0 Å². The van der Waals surface area contributed by atoms with Gasteiger partial charge in [0.05, 0.1) is 12.0 Å². The molecule has 0 atom stereocenters. The van der Waals surface area contributed by atoms with Crippen molar-refractivity contribution in [3.05, 3.63) is 41.9 Å². The fourth-order valence-corrected chi connectivity index (χ4v) is 1.79. The van der Waals surface area contributed by atoms with Crippen molar-refractivity contribution in [2.45, 2.75) is 6.92 Å². The maximum atomic E-state index is 11.2. The van der Waals surface area contributed by atoms with Crippen LogP contribution in [0.5, 0.6) is 0 Å². The summed E-state index contributed by atoms with van der Waals surface area (Å²) in [5.41, 5.74) is 1.73. The molecule has 0 aliphatic rings. The molecule has 0 amide bonds. The minimum atomic E-state index is -1.06. The van der Waals surface area contributed by atoms with Crippen molar-refractivity contribution < 1.29 is 14.3 Å². The third kappa shape index (κ3) is 1.55. The van der Waals surface area contributed by atoms with E-state index in [9.17, 15) is 9.90 Å². The summed E-state index contributed by atoms with van der Waals surface area (Å²) in [6, 6.07) is 6.62. The number of hydrogen-bond acceptors (Lipinski definition) is 4. The van der Waals surface area contributed by atoms with E-state index in [2.05, 4.69) is 10.1 Å². The van der Waals surface area contributed by atoms with Crippen LogP contribution < -0.4 is 0 Å². The summed E-state index contributed by atoms with van der Waals surface area (Å²) in [5.74, 6) is -0.530.